The largest absolute Gasteiger partial charge is 0.360 e. The Morgan fingerprint density at radius 3 is 2.61 bits per heavy atom. The summed E-state index contributed by atoms with van der Waals surface area (Å²) in [6.07, 6.45) is 8.66. The van der Waals surface area contributed by atoms with Gasteiger partial charge in [-0.3, -0.25) is 9.79 Å². The number of hydrogen-bond acceptors (Lipinski definition) is 4. The lowest BCUT2D eigenvalue weighted by atomic mass is 9.92. The van der Waals surface area contributed by atoms with E-state index in [9.17, 15) is 4.79 Å². The minimum absolute atomic E-state index is 0. The molecule has 1 saturated carbocycles. The Hall–Kier alpha value is -0.710. The van der Waals surface area contributed by atoms with Gasteiger partial charge in [-0.05, 0) is 31.6 Å². The number of nitrogens with one attached hydrogen (secondary N) is 1. The zero-order valence-corrected chi connectivity index (χ0v) is 15.8. The van der Waals surface area contributed by atoms with Gasteiger partial charge in [0.05, 0.1) is 17.8 Å². The molecule has 3 rings (SSSR count). The Balaban J connectivity index is 0. The molecule has 2 aliphatic heterocycles. The van der Waals surface area contributed by atoms with Crippen molar-refractivity contribution in [3.63, 3.8) is 0 Å². The lowest BCUT2D eigenvalue weighted by Crippen LogP contribution is -2.40. The van der Waals surface area contributed by atoms with Crippen molar-refractivity contribution in [1.82, 2.24) is 10.2 Å². The molecule has 2 fully saturated rings. The number of amidine groups is 1. The van der Waals surface area contributed by atoms with Crippen LogP contribution in [-0.2, 0) is 4.79 Å². The van der Waals surface area contributed by atoms with E-state index in [0.29, 0.717) is 17.8 Å². The van der Waals surface area contributed by atoms with Gasteiger partial charge in [-0.15, -0.1) is 0 Å². The van der Waals surface area contributed by atoms with Gasteiger partial charge in [0.15, 0.2) is 5.17 Å². The van der Waals surface area contributed by atoms with Crippen molar-refractivity contribution >= 4 is 22.8 Å². The van der Waals surface area contributed by atoms with Crippen LogP contribution in [0.5, 0.6) is 0 Å². The third-order valence-electron chi connectivity index (χ3n) is 5.20. The first-order chi connectivity index (χ1) is 11.3. The van der Waals surface area contributed by atoms with Crippen LogP contribution in [0.25, 0.3) is 0 Å². The van der Waals surface area contributed by atoms with Crippen LogP contribution in [0.2, 0.25) is 0 Å². The number of carbonyl (C=O) groups excluding carboxylic acids is 1. The summed E-state index contributed by atoms with van der Waals surface area (Å²) in [5, 5.41) is 4.51. The summed E-state index contributed by atoms with van der Waals surface area (Å²) in [6, 6.07) is 1.01. The van der Waals surface area contributed by atoms with Gasteiger partial charge in [0.25, 0.3) is 0 Å². The van der Waals surface area contributed by atoms with E-state index in [2.05, 4.69) is 12.2 Å². The predicted molar refractivity (Wildman–Crippen MR) is 106 cm³/mol. The Kier molecular flexibility index (Phi) is 7.74. The van der Waals surface area contributed by atoms with E-state index in [1.165, 1.54) is 44.9 Å². The first kappa shape index (κ1) is 18.6. The average Bonchev–Trinajstić information content (AvgIpc) is 3.04. The molecule has 0 aromatic heterocycles. The van der Waals surface area contributed by atoms with Gasteiger partial charge in [-0.1, -0.05) is 51.8 Å². The maximum atomic E-state index is 12.3. The number of hydrogen-bond donors (Lipinski definition) is 1. The molecular formula is C18H39N3OS. The van der Waals surface area contributed by atoms with Crippen LogP contribution in [0.15, 0.2) is 4.99 Å². The summed E-state index contributed by atoms with van der Waals surface area (Å²) < 4.78 is 0. The van der Waals surface area contributed by atoms with Crippen LogP contribution in [0.3, 0.4) is 0 Å². The molecule has 138 valence electrons. The summed E-state index contributed by atoms with van der Waals surface area (Å²) in [4.78, 5) is 19.1. The molecule has 4 nitrogen and oxygen atoms in total. The maximum Gasteiger partial charge on any atom is 0.233 e. The minimum atomic E-state index is 0. The van der Waals surface area contributed by atoms with Crippen molar-refractivity contribution in [2.75, 3.05) is 18.8 Å². The second-order valence-electron chi connectivity index (χ2n) is 6.56. The fraction of sp³-hybridized carbons (Fsp3) is 0.889. The normalized spacial score (nSPS) is 27.4. The smallest absolute Gasteiger partial charge is 0.233 e. The minimum Gasteiger partial charge on any atom is -0.360 e. The summed E-state index contributed by atoms with van der Waals surface area (Å²) in [5.41, 5.74) is 0. The molecule has 1 unspecified atom stereocenters. The average molecular weight is 346 g/mol. The molecule has 0 bridgehead atoms. The molecule has 0 aromatic rings. The second kappa shape index (κ2) is 9.55. The molecule has 0 spiro atoms. The molecule has 1 N–H and O–H groups in total. The molecule has 1 aliphatic carbocycles. The first-order valence-electron chi connectivity index (χ1n) is 9.51. The highest BCUT2D eigenvalue weighted by Gasteiger charge is 2.31. The molecule has 2 heterocycles. The first-order valence-corrected chi connectivity index (χ1v) is 10.5. The van der Waals surface area contributed by atoms with Crippen molar-refractivity contribution < 1.29 is 9.07 Å². The fourth-order valence-electron chi connectivity index (χ4n) is 3.67. The molecule has 3 aliphatic rings. The van der Waals surface area contributed by atoms with Crippen LogP contribution in [0, 0.1) is 5.92 Å². The van der Waals surface area contributed by atoms with Gasteiger partial charge < -0.3 is 10.2 Å². The number of rotatable bonds is 3. The van der Waals surface area contributed by atoms with Gasteiger partial charge in [0.1, 0.15) is 0 Å². The third-order valence-corrected chi connectivity index (χ3v) is 6.09. The van der Waals surface area contributed by atoms with E-state index in [1.807, 2.05) is 18.7 Å². The topological polar surface area (TPSA) is 44.7 Å². The molecule has 1 amide bonds. The number of carbonyl (C=O) groups is 1. The molecular weight excluding hydrogens is 306 g/mol. The van der Waals surface area contributed by atoms with E-state index >= 15 is 0 Å². The summed E-state index contributed by atoms with van der Waals surface area (Å²) in [5.74, 6) is 1.65. The van der Waals surface area contributed by atoms with Gasteiger partial charge in [-0.25, -0.2) is 0 Å². The lowest BCUT2D eigenvalue weighted by Gasteiger charge is -2.31. The van der Waals surface area contributed by atoms with Crippen LogP contribution < -0.4 is 5.32 Å². The lowest BCUT2D eigenvalue weighted by molar-refractivity contribution is -0.129. The van der Waals surface area contributed by atoms with Crippen molar-refractivity contribution in [3.8, 4) is 0 Å². The molecule has 0 aromatic carbocycles. The van der Waals surface area contributed by atoms with Crippen LogP contribution >= 0.6 is 11.8 Å². The van der Waals surface area contributed by atoms with Crippen LogP contribution in [-0.4, -0.2) is 46.9 Å². The van der Waals surface area contributed by atoms with E-state index in [0.717, 1.165) is 24.2 Å². The van der Waals surface area contributed by atoms with Crippen molar-refractivity contribution in [2.24, 2.45) is 10.9 Å². The van der Waals surface area contributed by atoms with Gasteiger partial charge in [-0.2, -0.15) is 0 Å². The van der Waals surface area contributed by atoms with Crippen LogP contribution in [0.4, 0.5) is 0 Å². The van der Waals surface area contributed by atoms with Crippen LogP contribution in [0.1, 0.15) is 70.0 Å². The number of aliphatic imine (C=N–C) groups is 1. The molecule has 23 heavy (non-hydrogen) atoms. The van der Waals surface area contributed by atoms with E-state index in [4.69, 9.17) is 4.99 Å². The van der Waals surface area contributed by atoms with Crippen molar-refractivity contribution in [1.29, 1.82) is 0 Å². The SMILES string of the molecule is CC.CCC1CCN(C(=O)CSC2=N[C@H]3CCCCC3N2)CC1.[HH].[HH].[HH]. The monoisotopic (exact) mass is 345 g/mol. The Morgan fingerprint density at radius 1 is 1.26 bits per heavy atom. The molecule has 2 atom stereocenters. The number of likely N-dealkylation sites (tertiary alicyclic amines) is 1. The summed E-state index contributed by atoms with van der Waals surface area (Å²) >= 11 is 1.61. The van der Waals surface area contributed by atoms with E-state index in [-0.39, 0.29) is 10.2 Å². The van der Waals surface area contributed by atoms with Crippen molar-refractivity contribution in [3.05, 3.63) is 0 Å². The Morgan fingerprint density at radius 2 is 1.96 bits per heavy atom. The van der Waals surface area contributed by atoms with Gasteiger partial charge >= 0.3 is 0 Å². The zero-order valence-electron chi connectivity index (χ0n) is 15.0. The Bertz CT molecular complexity index is 418. The van der Waals surface area contributed by atoms with Crippen molar-refractivity contribution in [2.45, 2.75) is 77.8 Å². The molecule has 1 saturated heterocycles. The molecule has 0 radical (unpaired) electrons. The quantitative estimate of drug-likeness (QED) is 0.824. The Labute approximate surface area is 150 Å². The second-order valence-corrected chi connectivity index (χ2v) is 7.52. The number of thioether (sulfide) groups is 1. The highest BCUT2D eigenvalue weighted by Crippen LogP contribution is 2.27. The number of amides is 1. The summed E-state index contributed by atoms with van der Waals surface area (Å²) in [6.45, 7) is 8.15. The maximum absolute atomic E-state index is 12.3. The van der Waals surface area contributed by atoms with E-state index in [1.54, 1.807) is 11.8 Å². The highest BCUT2D eigenvalue weighted by atomic mass is 32.2. The van der Waals surface area contributed by atoms with Gasteiger partial charge in [0, 0.05) is 17.4 Å². The molecule has 5 heteroatoms. The fourth-order valence-corrected chi connectivity index (χ4v) is 4.56. The number of piperidine rings is 1. The van der Waals surface area contributed by atoms with E-state index < -0.39 is 0 Å². The van der Waals surface area contributed by atoms with Gasteiger partial charge in [0.2, 0.25) is 5.91 Å². The standard InChI is InChI=1S/C16H27N3OS.C2H6.3H2/c1-2-12-7-9-19(10-8-12)15(20)11-21-16-17-13-5-3-4-6-14(13)18-16;1-2;;;/h12-14H,2-11H2,1H3,(H,17,18);1-2H3;3*1H/t13-,14?;;;;/m0..../s1. The zero-order chi connectivity index (χ0) is 16.7. The number of fused-ring (bicyclic) bond motifs is 1. The third kappa shape index (κ3) is 5.13. The predicted octanol–water partition coefficient (Wildman–Crippen LogP) is 4.40. The highest BCUT2D eigenvalue weighted by molar-refractivity contribution is 8.14. The summed E-state index contributed by atoms with van der Waals surface area (Å²) in [7, 11) is 0. The number of nitrogens with zero attached hydrogens (tertiary/aromatic N) is 2.